The fourth-order valence-corrected chi connectivity index (χ4v) is 1.89. The van der Waals surface area contributed by atoms with Crippen LogP contribution in [0.4, 0.5) is 0 Å². The van der Waals surface area contributed by atoms with Gasteiger partial charge < -0.3 is 5.32 Å². The van der Waals surface area contributed by atoms with Gasteiger partial charge in [-0.25, -0.2) is 0 Å². The molecule has 5 nitrogen and oxygen atoms in total. The highest BCUT2D eigenvalue weighted by atomic mass is 79.9. The molecule has 0 aliphatic heterocycles. The fourth-order valence-electron chi connectivity index (χ4n) is 1.62. The Balaban J connectivity index is 1.81. The standard InChI is InChI=1S/C11H12BrN5/c12-8-1-5-10(6-2-8)17-11(14-15-16-17)7-13-9-3-4-9/h1-2,5-6,9,13H,3-4,7H2. The lowest BCUT2D eigenvalue weighted by Gasteiger charge is -2.05. The summed E-state index contributed by atoms with van der Waals surface area (Å²) >= 11 is 3.41. The monoisotopic (exact) mass is 293 g/mol. The third-order valence-corrected chi connectivity index (χ3v) is 3.26. The van der Waals surface area contributed by atoms with Gasteiger partial charge in [-0.05, 0) is 47.5 Å². The van der Waals surface area contributed by atoms with E-state index >= 15 is 0 Å². The average Bonchev–Trinajstić information content (AvgIpc) is 3.06. The van der Waals surface area contributed by atoms with Gasteiger partial charge in [-0.3, -0.25) is 0 Å². The molecule has 0 saturated heterocycles. The van der Waals surface area contributed by atoms with E-state index in [4.69, 9.17) is 0 Å². The Labute approximate surface area is 107 Å². The van der Waals surface area contributed by atoms with Crippen LogP contribution in [0.5, 0.6) is 0 Å². The van der Waals surface area contributed by atoms with E-state index in [9.17, 15) is 0 Å². The highest BCUT2D eigenvalue weighted by molar-refractivity contribution is 9.10. The van der Waals surface area contributed by atoms with E-state index in [0.29, 0.717) is 12.6 Å². The summed E-state index contributed by atoms with van der Waals surface area (Å²) in [7, 11) is 0. The average molecular weight is 294 g/mol. The molecule has 0 unspecified atom stereocenters. The fraction of sp³-hybridized carbons (Fsp3) is 0.364. The van der Waals surface area contributed by atoms with E-state index in [-0.39, 0.29) is 0 Å². The molecule has 1 fully saturated rings. The normalized spacial score (nSPS) is 15.1. The quantitative estimate of drug-likeness (QED) is 0.932. The summed E-state index contributed by atoms with van der Waals surface area (Å²) < 4.78 is 2.81. The highest BCUT2D eigenvalue weighted by Crippen LogP contribution is 2.19. The second-order valence-electron chi connectivity index (χ2n) is 4.14. The minimum Gasteiger partial charge on any atom is -0.307 e. The van der Waals surface area contributed by atoms with E-state index in [0.717, 1.165) is 16.0 Å². The zero-order chi connectivity index (χ0) is 11.7. The maximum absolute atomic E-state index is 4.04. The van der Waals surface area contributed by atoms with Crippen molar-refractivity contribution in [3.8, 4) is 5.69 Å². The molecule has 0 amide bonds. The van der Waals surface area contributed by atoms with Crippen LogP contribution in [-0.2, 0) is 6.54 Å². The van der Waals surface area contributed by atoms with Crippen LogP contribution in [0.25, 0.3) is 5.69 Å². The lowest BCUT2D eigenvalue weighted by molar-refractivity contribution is 0.637. The third kappa shape index (κ3) is 2.53. The van der Waals surface area contributed by atoms with Gasteiger partial charge >= 0.3 is 0 Å². The summed E-state index contributed by atoms with van der Waals surface area (Å²) in [6.45, 7) is 0.716. The molecule has 1 saturated carbocycles. The van der Waals surface area contributed by atoms with Gasteiger partial charge in [0, 0.05) is 10.5 Å². The minimum absolute atomic E-state index is 0.657. The number of aromatic nitrogens is 4. The van der Waals surface area contributed by atoms with Gasteiger partial charge in [0.05, 0.1) is 12.2 Å². The van der Waals surface area contributed by atoms with Crippen LogP contribution < -0.4 is 5.32 Å². The smallest absolute Gasteiger partial charge is 0.170 e. The molecule has 1 aromatic carbocycles. The SMILES string of the molecule is Brc1ccc(-n2nnnc2CNC2CC2)cc1. The molecule has 1 N–H and O–H groups in total. The molecule has 1 heterocycles. The van der Waals surface area contributed by atoms with Crippen LogP contribution in [0.3, 0.4) is 0 Å². The van der Waals surface area contributed by atoms with Crippen molar-refractivity contribution >= 4 is 15.9 Å². The number of rotatable bonds is 4. The number of nitrogens with zero attached hydrogens (tertiary/aromatic N) is 4. The molecule has 1 aliphatic carbocycles. The van der Waals surface area contributed by atoms with Crippen molar-refractivity contribution in [2.24, 2.45) is 0 Å². The number of hydrogen-bond acceptors (Lipinski definition) is 4. The predicted molar refractivity (Wildman–Crippen MR) is 66.7 cm³/mol. The molecule has 88 valence electrons. The summed E-state index contributed by atoms with van der Waals surface area (Å²) in [5.74, 6) is 0.847. The van der Waals surface area contributed by atoms with Crippen molar-refractivity contribution in [1.82, 2.24) is 25.5 Å². The molecule has 17 heavy (non-hydrogen) atoms. The van der Waals surface area contributed by atoms with Gasteiger partial charge in [-0.1, -0.05) is 15.9 Å². The Kier molecular flexibility index (Phi) is 2.90. The Morgan fingerprint density at radius 1 is 1.29 bits per heavy atom. The topological polar surface area (TPSA) is 55.6 Å². The van der Waals surface area contributed by atoms with Crippen molar-refractivity contribution < 1.29 is 0 Å². The molecule has 3 rings (SSSR count). The first-order chi connectivity index (χ1) is 8.33. The predicted octanol–water partition coefficient (Wildman–Crippen LogP) is 1.68. The second kappa shape index (κ2) is 4.54. The lowest BCUT2D eigenvalue weighted by Crippen LogP contribution is -2.18. The van der Waals surface area contributed by atoms with E-state index in [1.807, 2.05) is 24.3 Å². The van der Waals surface area contributed by atoms with Crippen LogP contribution >= 0.6 is 15.9 Å². The van der Waals surface area contributed by atoms with E-state index < -0.39 is 0 Å². The Morgan fingerprint density at radius 3 is 2.76 bits per heavy atom. The zero-order valence-electron chi connectivity index (χ0n) is 9.17. The maximum atomic E-state index is 4.04. The van der Waals surface area contributed by atoms with Crippen molar-refractivity contribution in [3.63, 3.8) is 0 Å². The Morgan fingerprint density at radius 2 is 2.06 bits per heavy atom. The van der Waals surface area contributed by atoms with Crippen molar-refractivity contribution in [2.75, 3.05) is 0 Å². The van der Waals surface area contributed by atoms with E-state index in [2.05, 4.69) is 36.8 Å². The van der Waals surface area contributed by atoms with Gasteiger partial charge in [0.2, 0.25) is 0 Å². The van der Waals surface area contributed by atoms with Crippen molar-refractivity contribution in [1.29, 1.82) is 0 Å². The van der Waals surface area contributed by atoms with Gasteiger partial charge in [-0.2, -0.15) is 4.68 Å². The molecule has 0 atom stereocenters. The van der Waals surface area contributed by atoms with Gasteiger partial charge in [0.25, 0.3) is 0 Å². The lowest BCUT2D eigenvalue weighted by atomic mass is 10.3. The Hall–Kier alpha value is -1.27. The van der Waals surface area contributed by atoms with E-state index in [1.165, 1.54) is 12.8 Å². The first kappa shape index (κ1) is 10.9. The first-order valence-electron chi connectivity index (χ1n) is 5.59. The third-order valence-electron chi connectivity index (χ3n) is 2.73. The Bertz CT molecular complexity index is 503. The summed E-state index contributed by atoms with van der Waals surface area (Å²) in [5, 5.41) is 15.2. The van der Waals surface area contributed by atoms with Crippen LogP contribution in [0.1, 0.15) is 18.7 Å². The van der Waals surface area contributed by atoms with Gasteiger partial charge in [0.15, 0.2) is 5.82 Å². The molecule has 0 spiro atoms. The molecule has 0 radical (unpaired) electrons. The highest BCUT2D eigenvalue weighted by Gasteiger charge is 2.21. The zero-order valence-corrected chi connectivity index (χ0v) is 10.8. The number of nitrogens with one attached hydrogen (secondary N) is 1. The van der Waals surface area contributed by atoms with Crippen molar-refractivity contribution in [2.45, 2.75) is 25.4 Å². The summed E-state index contributed by atoms with van der Waals surface area (Å²) in [6.07, 6.45) is 2.53. The van der Waals surface area contributed by atoms with Crippen molar-refractivity contribution in [3.05, 3.63) is 34.6 Å². The maximum Gasteiger partial charge on any atom is 0.170 e. The molecular formula is C11H12BrN5. The molecule has 1 aliphatic rings. The molecule has 2 aromatic rings. The van der Waals surface area contributed by atoms with Crippen LogP contribution in [-0.4, -0.2) is 26.2 Å². The van der Waals surface area contributed by atoms with E-state index in [1.54, 1.807) is 4.68 Å². The summed E-state index contributed by atoms with van der Waals surface area (Å²) in [6, 6.07) is 8.59. The minimum atomic E-state index is 0.657. The number of halogens is 1. The van der Waals surface area contributed by atoms with Crippen LogP contribution in [0.2, 0.25) is 0 Å². The van der Waals surface area contributed by atoms with Gasteiger partial charge in [-0.15, -0.1) is 5.10 Å². The van der Waals surface area contributed by atoms with Crippen LogP contribution in [0, 0.1) is 0 Å². The number of hydrogen-bond donors (Lipinski definition) is 1. The summed E-state index contributed by atoms with van der Waals surface area (Å²) in [4.78, 5) is 0. The molecule has 0 bridgehead atoms. The molecule has 1 aromatic heterocycles. The summed E-state index contributed by atoms with van der Waals surface area (Å²) in [5.41, 5.74) is 0.978. The number of benzene rings is 1. The molecular weight excluding hydrogens is 282 g/mol. The first-order valence-corrected chi connectivity index (χ1v) is 6.39. The number of tetrazole rings is 1. The second-order valence-corrected chi connectivity index (χ2v) is 5.05. The van der Waals surface area contributed by atoms with Crippen LogP contribution in [0.15, 0.2) is 28.7 Å². The largest absolute Gasteiger partial charge is 0.307 e. The molecule has 6 heteroatoms. The van der Waals surface area contributed by atoms with Gasteiger partial charge in [0.1, 0.15) is 0 Å².